The van der Waals surface area contributed by atoms with Gasteiger partial charge in [0.2, 0.25) is 11.6 Å². The topological polar surface area (TPSA) is 160 Å². The number of carbonyl (C=O) groups is 2. The normalized spacial score (nSPS) is 10.1. The van der Waals surface area contributed by atoms with Crippen LogP contribution < -0.4 is 11.5 Å². The van der Waals surface area contributed by atoms with E-state index in [1.165, 1.54) is 0 Å². The maximum absolute atomic E-state index is 11.8. The summed E-state index contributed by atoms with van der Waals surface area (Å²) in [6, 6.07) is 10.7. The zero-order valence-corrected chi connectivity index (χ0v) is 24.5. The third kappa shape index (κ3) is 6.76. The molecule has 0 saturated heterocycles. The molecule has 0 saturated carbocycles. The molecule has 5 aromatic rings. The van der Waals surface area contributed by atoms with Crippen molar-refractivity contribution in [2.45, 2.75) is 27.7 Å². The highest BCUT2D eigenvalue weighted by atomic mass is 35.5. The van der Waals surface area contributed by atoms with Gasteiger partial charge in [-0.05, 0) is 81.9 Å². The number of carbonyl (C=O) groups excluding carboxylic acids is 2. The van der Waals surface area contributed by atoms with Crippen molar-refractivity contribution in [1.29, 1.82) is 0 Å². The van der Waals surface area contributed by atoms with Crippen molar-refractivity contribution in [3.8, 4) is 35.6 Å². The van der Waals surface area contributed by atoms with Crippen LogP contribution >= 0.6 is 11.6 Å². The van der Waals surface area contributed by atoms with Gasteiger partial charge in [0.25, 0.3) is 11.8 Å². The molecule has 4 N–H and O–H groups in total. The number of terminal acetylenes is 1. The summed E-state index contributed by atoms with van der Waals surface area (Å²) in [4.78, 5) is 44.1. The van der Waals surface area contributed by atoms with E-state index in [2.05, 4.69) is 42.7 Å². The predicted molar refractivity (Wildman–Crippen MR) is 162 cm³/mol. The number of aryl methyl sites for hydroxylation is 2. The second-order valence-electron chi connectivity index (χ2n) is 9.21. The summed E-state index contributed by atoms with van der Waals surface area (Å²) >= 11 is 5.93. The van der Waals surface area contributed by atoms with Gasteiger partial charge in [-0.25, -0.2) is 15.0 Å². The Labute approximate surface area is 253 Å². The maximum atomic E-state index is 11.8. The molecule has 214 valence electrons. The first-order valence-electron chi connectivity index (χ1n) is 12.7. The Morgan fingerprint density at radius 1 is 0.767 bits per heavy atom. The fourth-order valence-electron chi connectivity index (χ4n) is 4.00. The lowest BCUT2D eigenvalue weighted by atomic mass is 10.3. The Morgan fingerprint density at radius 3 is 1.72 bits per heavy atom. The van der Waals surface area contributed by atoms with Crippen LogP contribution in [0.5, 0.6) is 0 Å². The molecule has 5 aromatic heterocycles. The van der Waals surface area contributed by atoms with Crippen molar-refractivity contribution in [2.75, 3.05) is 0 Å². The van der Waals surface area contributed by atoms with Crippen LogP contribution in [0.4, 0.5) is 0 Å². The molecule has 2 amide bonds. The van der Waals surface area contributed by atoms with E-state index in [-0.39, 0.29) is 11.6 Å². The molecule has 43 heavy (non-hydrogen) atoms. The number of amides is 2. The quantitative estimate of drug-likeness (QED) is 0.303. The maximum Gasteiger partial charge on any atom is 0.285 e. The van der Waals surface area contributed by atoms with Crippen LogP contribution in [0.2, 0.25) is 5.02 Å². The highest BCUT2D eigenvalue weighted by molar-refractivity contribution is 6.30. The van der Waals surface area contributed by atoms with Crippen LogP contribution in [0.15, 0.2) is 55.0 Å². The van der Waals surface area contributed by atoms with Crippen molar-refractivity contribution >= 4 is 23.4 Å². The van der Waals surface area contributed by atoms with Crippen molar-refractivity contribution in [3.05, 3.63) is 112 Å². The van der Waals surface area contributed by atoms with Gasteiger partial charge in [-0.15, -0.1) is 6.42 Å². The lowest BCUT2D eigenvalue weighted by molar-refractivity contribution is 0.0980. The number of rotatable bonds is 4. The first kappa shape index (κ1) is 30.2. The summed E-state index contributed by atoms with van der Waals surface area (Å²) in [5.41, 5.74) is 16.7. The van der Waals surface area contributed by atoms with Crippen molar-refractivity contribution in [3.63, 3.8) is 0 Å². The van der Waals surface area contributed by atoms with E-state index in [4.69, 9.17) is 29.5 Å². The van der Waals surface area contributed by atoms with Gasteiger partial charge in [-0.2, -0.15) is 0 Å². The Kier molecular flexibility index (Phi) is 8.99. The fourth-order valence-corrected chi connectivity index (χ4v) is 4.16. The van der Waals surface area contributed by atoms with Gasteiger partial charge in [-0.3, -0.25) is 28.7 Å². The summed E-state index contributed by atoms with van der Waals surface area (Å²) in [7, 11) is 0. The molecular formula is C31H26ClN9O2. The van der Waals surface area contributed by atoms with Gasteiger partial charge in [0.1, 0.15) is 17.1 Å². The number of halogens is 1. The minimum atomic E-state index is -0.641. The smallest absolute Gasteiger partial charge is 0.285 e. The van der Waals surface area contributed by atoms with E-state index in [0.717, 1.165) is 11.4 Å². The number of aromatic nitrogens is 7. The van der Waals surface area contributed by atoms with Gasteiger partial charge in [0.05, 0.1) is 35.2 Å². The molecule has 0 spiro atoms. The number of hydrogen-bond acceptors (Lipinski definition) is 7. The lowest BCUT2D eigenvalue weighted by Gasteiger charge is -2.07. The second kappa shape index (κ2) is 12.8. The average Bonchev–Trinajstić information content (AvgIpc) is 3.50. The summed E-state index contributed by atoms with van der Waals surface area (Å²) < 4.78 is 3.26. The average molecular weight is 592 g/mol. The number of nitrogens with zero attached hydrogens (tertiary/aromatic N) is 7. The van der Waals surface area contributed by atoms with Gasteiger partial charge in [-0.1, -0.05) is 11.6 Å². The van der Waals surface area contributed by atoms with Crippen molar-refractivity contribution in [2.24, 2.45) is 11.5 Å². The number of imidazole rings is 2. The number of hydrogen-bond donors (Lipinski definition) is 2. The standard InChI is InChI=1S/C18H14ClN5O.C13H12N4O/c1-11-3-5-15(10-22-11)24-12(2)16(23-18(24)17(20)25)6-4-14-9-13(19)7-8-21-14;1-4-11-9(3)17(13(16-11)12(14)18)10-6-5-8(2)15-7-10/h3,5,7-10H,1-2H3,(H2,20,25);1,5-7H,2-3H3,(H2,14,18). The van der Waals surface area contributed by atoms with Gasteiger partial charge < -0.3 is 11.5 Å². The van der Waals surface area contributed by atoms with E-state index in [1.54, 1.807) is 46.8 Å². The molecule has 0 aromatic carbocycles. The van der Waals surface area contributed by atoms with E-state index in [0.29, 0.717) is 44.9 Å². The van der Waals surface area contributed by atoms with E-state index >= 15 is 0 Å². The third-order valence-electron chi connectivity index (χ3n) is 6.13. The first-order chi connectivity index (χ1) is 20.5. The molecule has 0 aliphatic rings. The zero-order valence-electron chi connectivity index (χ0n) is 23.8. The fraction of sp³-hybridized carbons (Fsp3) is 0.129. The molecule has 0 fully saturated rings. The van der Waals surface area contributed by atoms with Gasteiger partial charge >= 0.3 is 0 Å². The Balaban J connectivity index is 0.000000208. The summed E-state index contributed by atoms with van der Waals surface area (Å²) in [5.74, 6) is 7.20. The zero-order chi connectivity index (χ0) is 31.3. The van der Waals surface area contributed by atoms with Crippen LogP contribution in [0, 0.1) is 51.9 Å². The predicted octanol–water partition coefficient (Wildman–Crippen LogP) is 3.40. The molecule has 5 rings (SSSR count). The van der Waals surface area contributed by atoms with Crippen LogP contribution in [0.1, 0.15) is 61.1 Å². The SMILES string of the molecule is C#Cc1nc(C(N)=O)n(-c2ccc(C)nc2)c1C.Cc1ccc(-n2c(C(N)=O)nc(C#Cc3cc(Cl)ccn3)c2C)cn1. The Hall–Kier alpha value is -5.78. The number of primary amides is 2. The molecule has 12 heteroatoms. The van der Waals surface area contributed by atoms with Crippen LogP contribution in [-0.2, 0) is 0 Å². The third-order valence-corrected chi connectivity index (χ3v) is 6.37. The van der Waals surface area contributed by atoms with Crippen LogP contribution in [0.3, 0.4) is 0 Å². The minimum Gasteiger partial charge on any atom is -0.363 e. The molecule has 5 heterocycles. The largest absolute Gasteiger partial charge is 0.363 e. The van der Waals surface area contributed by atoms with E-state index in [1.807, 2.05) is 45.0 Å². The molecule has 0 bridgehead atoms. The molecule has 0 aliphatic carbocycles. The van der Waals surface area contributed by atoms with Crippen LogP contribution in [0.25, 0.3) is 11.4 Å². The highest BCUT2D eigenvalue weighted by Gasteiger charge is 2.19. The van der Waals surface area contributed by atoms with E-state index in [9.17, 15) is 9.59 Å². The van der Waals surface area contributed by atoms with Crippen molar-refractivity contribution in [1.82, 2.24) is 34.1 Å². The molecule has 11 nitrogen and oxygen atoms in total. The number of nitrogens with two attached hydrogens (primary N) is 2. The van der Waals surface area contributed by atoms with E-state index < -0.39 is 11.8 Å². The number of pyridine rings is 3. The summed E-state index contributed by atoms with van der Waals surface area (Å²) in [5, 5.41) is 0.546. The minimum absolute atomic E-state index is 0.103. The first-order valence-corrected chi connectivity index (χ1v) is 13.1. The van der Waals surface area contributed by atoms with Crippen molar-refractivity contribution < 1.29 is 9.59 Å². The molecule has 0 radical (unpaired) electrons. The second-order valence-corrected chi connectivity index (χ2v) is 9.64. The highest BCUT2D eigenvalue weighted by Crippen LogP contribution is 2.19. The molecular weight excluding hydrogens is 566 g/mol. The monoisotopic (exact) mass is 591 g/mol. The summed E-state index contributed by atoms with van der Waals surface area (Å²) in [6.45, 7) is 7.37. The molecule has 0 unspecified atom stereocenters. The molecule has 0 atom stereocenters. The van der Waals surface area contributed by atoms with Gasteiger partial charge in [0, 0.05) is 22.6 Å². The Morgan fingerprint density at radius 2 is 1.28 bits per heavy atom. The molecule has 0 aliphatic heterocycles. The summed E-state index contributed by atoms with van der Waals surface area (Å²) in [6.07, 6.45) is 10.2. The Bertz CT molecular complexity index is 1940. The van der Waals surface area contributed by atoms with Gasteiger partial charge in [0.15, 0.2) is 0 Å². The van der Waals surface area contributed by atoms with Crippen LogP contribution in [-0.4, -0.2) is 45.9 Å². The lowest BCUT2D eigenvalue weighted by Crippen LogP contribution is -2.18.